The van der Waals surface area contributed by atoms with E-state index in [1.165, 1.54) is 0 Å². The summed E-state index contributed by atoms with van der Waals surface area (Å²) in [6.07, 6.45) is 8.98. The molecule has 1 aromatic carbocycles. The van der Waals surface area contributed by atoms with Crippen LogP contribution in [-0.2, 0) is 9.47 Å². The monoisotopic (exact) mass is 242 g/mol. The van der Waals surface area contributed by atoms with Gasteiger partial charge in [0, 0.05) is 6.42 Å². The van der Waals surface area contributed by atoms with Crippen molar-refractivity contribution >= 4 is 12.0 Å². The van der Waals surface area contributed by atoms with Crippen LogP contribution in [0.2, 0.25) is 0 Å². The fraction of sp³-hybridized carbons (Fsp3) is 0.267. The Kier molecular flexibility index (Phi) is 2.99. The minimum Gasteiger partial charge on any atom is -0.462 e. The van der Waals surface area contributed by atoms with Gasteiger partial charge in [0.25, 0.3) is 0 Å². The maximum atomic E-state index is 11.9. The first-order valence-electron chi connectivity index (χ1n) is 6.11. The van der Waals surface area contributed by atoms with Crippen LogP contribution in [0.25, 0.3) is 6.08 Å². The first kappa shape index (κ1) is 11.2. The highest BCUT2D eigenvalue weighted by molar-refractivity contribution is 5.93. The van der Waals surface area contributed by atoms with Gasteiger partial charge in [-0.3, -0.25) is 0 Å². The Morgan fingerprint density at radius 2 is 2.06 bits per heavy atom. The second-order valence-corrected chi connectivity index (χ2v) is 4.40. The molecule has 1 saturated heterocycles. The van der Waals surface area contributed by atoms with Gasteiger partial charge in [0.05, 0.1) is 18.3 Å². The number of ether oxygens (including phenoxy) is 2. The summed E-state index contributed by atoms with van der Waals surface area (Å²) in [5.41, 5.74) is 1.48. The van der Waals surface area contributed by atoms with Crippen molar-refractivity contribution in [2.75, 3.05) is 6.61 Å². The van der Waals surface area contributed by atoms with E-state index in [0.717, 1.165) is 12.0 Å². The molecule has 0 unspecified atom stereocenters. The van der Waals surface area contributed by atoms with Gasteiger partial charge in [-0.15, -0.1) is 0 Å². The highest BCUT2D eigenvalue weighted by Gasteiger charge is 2.36. The average Bonchev–Trinajstić information content (AvgIpc) is 3.12. The molecule has 0 amide bonds. The summed E-state index contributed by atoms with van der Waals surface area (Å²) in [6.45, 7) is 0.409. The van der Waals surface area contributed by atoms with E-state index in [1.54, 1.807) is 6.07 Å². The van der Waals surface area contributed by atoms with Crippen LogP contribution in [0.5, 0.6) is 0 Å². The zero-order chi connectivity index (χ0) is 12.4. The van der Waals surface area contributed by atoms with E-state index >= 15 is 0 Å². The van der Waals surface area contributed by atoms with Crippen LogP contribution in [0.3, 0.4) is 0 Å². The van der Waals surface area contributed by atoms with Crippen molar-refractivity contribution in [3.05, 3.63) is 53.6 Å². The fourth-order valence-corrected chi connectivity index (χ4v) is 2.06. The number of cyclic esters (lactones) is 1. The molecule has 0 N–H and O–H groups in total. The number of benzene rings is 1. The van der Waals surface area contributed by atoms with E-state index in [4.69, 9.17) is 9.47 Å². The van der Waals surface area contributed by atoms with E-state index in [1.807, 2.05) is 42.5 Å². The zero-order valence-electron chi connectivity index (χ0n) is 9.91. The predicted molar refractivity (Wildman–Crippen MR) is 68.2 cm³/mol. The zero-order valence-corrected chi connectivity index (χ0v) is 9.91. The number of epoxide rings is 1. The molecule has 0 radical (unpaired) electrons. The molecule has 18 heavy (non-hydrogen) atoms. The van der Waals surface area contributed by atoms with Crippen LogP contribution < -0.4 is 0 Å². The number of rotatable bonds is 0. The Labute approximate surface area is 106 Å². The lowest BCUT2D eigenvalue weighted by molar-refractivity contribution is 0.0492. The van der Waals surface area contributed by atoms with Gasteiger partial charge in [-0.2, -0.15) is 0 Å². The van der Waals surface area contributed by atoms with Crippen molar-refractivity contribution in [3.63, 3.8) is 0 Å². The number of carbonyl (C=O) groups is 1. The second-order valence-electron chi connectivity index (χ2n) is 4.40. The molecule has 2 atom stereocenters. The normalized spacial score (nSPS) is 29.9. The van der Waals surface area contributed by atoms with Crippen LogP contribution in [0.4, 0.5) is 0 Å². The molecule has 0 spiro atoms. The van der Waals surface area contributed by atoms with Gasteiger partial charge in [0.15, 0.2) is 0 Å². The standard InChI is InChI=1S/C15H14O3/c16-15-12-7-3-1-5-11(12)6-2-4-8-13-14(18-13)9-10-17-15/h1-8,13-14H,9-10H2/b6-2+,8-4-/t13-,14+/m0/s1. The van der Waals surface area contributed by atoms with Crippen LogP contribution >= 0.6 is 0 Å². The van der Waals surface area contributed by atoms with Gasteiger partial charge in [-0.25, -0.2) is 4.79 Å². The third kappa shape index (κ3) is 2.36. The largest absolute Gasteiger partial charge is 0.462 e. The van der Waals surface area contributed by atoms with Crippen molar-refractivity contribution < 1.29 is 14.3 Å². The molecule has 1 aromatic rings. The predicted octanol–water partition coefficient (Wildman–Crippen LogP) is 2.58. The summed E-state index contributed by atoms with van der Waals surface area (Å²) >= 11 is 0. The Morgan fingerprint density at radius 1 is 1.17 bits per heavy atom. The molecule has 1 fully saturated rings. The third-order valence-corrected chi connectivity index (χ3v) is 3.13. The number of hydrogen-bond donors (Lipinski definition) is 0. The highest BCUT2D eigenvalue weighted by Crippen LogP contribution is 2.27. The molecule has 0 bridgehead atoms. The summed E-state index contributed by atoms with van der Waals surface area (Å²) < 4.78 is 10.7. The molecule has 3 heteroatoms. The summed E-state index contributed by atoms with van der Waals surface area (Å²) in [5.74, 6) is -0.267. The molecule has 2 aliphatic rings. The number of allylic oxidation sites excluding steroid dienone is 2. The molecule has 0 aromatic heterocycles. The van der Waals surface area contributed by atoms with Gasteiger partial charge >= 0.3 is 5.97 Å². The lowest BCUT2D eigenvalue weighted by atomic mass is 10.1. The van der Waals surface area contributed by atoms with E-state index in [9.17, 15) is 4.79 Å². The molecule has 3 nitrogen and oxygen atoms in total. The minimum atomic E-state index is -0.267. The van der Waals surface area contributed by atoms with Crippen LogP contribution in [-0.4, -0.2) is 24.8 Å². The highest BCUT2D eigenvalue weighted by atomic mass is 16.6. The van der Waals surface area contributed by atoms with Gasteiger partial charge < -0.3 is 9.47 Å². The number of fused-ring (bicyclic) bond motifs is 2. The Morgan fingerprint density at radius 3 is 3.00 bits per heavy atom. The average molecular weight is 242 g/mol. The quantitative estimate of drug-likeness (QED) is 0.518. The SMILES string of the molecule is O=C1OCC[C@H]2O[C@H]2/C=C\C=C\c2ccccc21. The third-order valence-electron chi connectivity index (χ3n) is 3.13. The van der Waals surface area contributed by atoms with Crippen molar-refractivity contribution in [2.24, 2.45) is 0 Å². The number of esters is 1. The van der Waals surface area contributed by atoms with Gasteiger partial charge in [0.1, 0.15) is 6.10 Å². The maximum absolute atomic E-state index is 11.9. The van der Waals surface area contributed by atoms with E-state index in [-0.39, 0.29) is 18.2 Å². The van der Waals surface area contributed by atoms with Crippen LogP contribution in [0.15, 0.2) is 42.5 Å². The maximum Gasteiger partial charge on any atom is 0.338 e. The van der Waals surface area contributed by atoms with Crippen molar-refractivity contribution in [1.29, 1.82) is 0 Å². The molecular weight excluding hydrogens is 228 g/mol. The van der Waals surface area contributed by atoms with E-state index in [2.05, 4.69) is 0 Å². The first-order chi connectivity index (χ1) is 8.84. The molecular formula is C15H14O3. The molecule has 0 saturated carbocycles. The topological polar surface area (TPSA) is 38.8 Å². The number of carbonyl (C=O) groups excluding carboxylic acids is 1. The first-order valence-corrected chi connectivity index (χ1v) is 6.11. The minimum absolute atomic E-state index is 0.183. The Bertz CT molecular complexity index is 516. The molecule has 0 aliphatic carbocycles. The Balaban J connectivity index is 1.90. The second kappa shape index (κ2) is 4.78. The van der Waals surface area contributed by atoms with Crippen LogP contribution in [0, 0.1) is 0 Å². The molecule has 2 heterocycles. The molecule has 3 rings (SSSR count). The summed E-state index contributed by atoms with van der Waals surface area (Å²) in [4.78, 5) is 11.9. The van der Waals surface area contributed by atoms with E-state index < -0.39 is 0 Å². The van der Waals surface area contributed by atoms with Crippen molar-refractivity contribution in [2.45, 2.75) is 18.6 Å². The molecule has 2 aliphatic heterocycles. The van der Waals surface area contributed by atoms with Gasteiger partial charge in [0.2, 0.25) is 0 Å². The van der Waals surface area contributed by atoms with Gasteiger partial charge in [-0.1, -0.05) is 42.5 Å². The lowest BCUT2D eigenvalue weighted by Gasteiger charge is -2.06. The van der Waals surface area contributed by atoms with E-state index in [0.29, 0.717) is 12.2 Å². The van der Waals surface area contributed by atoms with Crippen molar-refractivity contribution in [1.82, 2.24) is 0 Å². The lowest BCUT2D eigenvalue weighted by Crippen LogP contribution is -2.10. The summed E-state index contributed by atoms with van der Waals surface area (Å²) in [7, 11) is 0. The van der Waals surface area contributed by atoms with Gasteiger partial charge in [-0.05, 0) is 11.6 Å². The van der Waals surface area contributed by atoms with Crippen molar-refractivity contribution in [3.8, 4) is 0 Å². The smallest absolute Gasteiger partial charge is 0.338 e. The Hall–Kier alpha value is -1.87. The number of hydrogen-bond acceptors (Lipinski definition) is 3. The van der Waals surface area contributed by atoms with Crippen LogP contribution in [0.1, 0.15) is 22.3 Å². The fourth-order valence-electron chi connectivity index (χ4n) is 2.06. The summed E-state index contributed by atoms with van der Waals surface area (Å²) in [6, 6.07) is 7.44. The molecule has 92 valence electrons. The summed E-state index contributed by atoms with van der Waals surface area (Å²) in [5, 5.41) is 0.